The summed E-state index contributed by atoms with van der Waals surface area (Å²) >= 11 is 0. The van der Waals surface area contributed by atoms with Gasteiger partial charge in [-0.25, -0.2) is 0 Å². The van der Waals surface area contributed by atoms with Crippen molar-refractivity contribution in [2.75, 3.05) is 19.0 Å². The molecule has 0 bridgehead atoms. The van der Waals surface area contributed by atoms with Gasteiger partial charge in [0.2, 0.25) is 0 Å². The molecule has 3 aromatic rings. The third-order valence-corrected chi connectivity index (χ3v) is 3.85. The van der Waals surface area contributed by atoms with E-state index in [4.69, 9.17) is 0 Å². The van der Waals surface area contributed by atoms with Crippen LogP contribution in [0.25, 0.3) is 16.5 Å². The summed E-state index contributed by atoms with van der Waals surface area (Å²) < 4.78 is 2.33. The zero-order valence-corrected chi connectivity index (χ0v) is 12.5. The molecule has 0 aliphatic carbocycles. The summed E-state index contributed by atoms with van der Waals surface area (Å²) in [5.41, 5.74) is 5.05. The number of hydrogen-bond donors (Lipinski definition) is 0. The lowest BCUT2D eigenvalue weighted by Crippen LogP contribution is -2.10. The number of fused-ring (bicyclic) bond motifs is 1. The summed E-state index contributed by atoms with van der Waals surface area (Å²) in [7, 11) is 4.20. The van der Waals surface area contributed by atoms with Gasteiger partial charge in [0.05, 0.1) is 5.69 Å². The van der Waals surface area contributed by atoms with Crippen molar-refractivity contribution in [1.29, 1.82) is 0 Å². The predicted molar refractivity (Wildman–Crippen MR) is 87.1 cm³/mol. The molecular weight excluding hydrogens is 244 g/mol. The van der Waals surface area contributed by atoms with Crippen LogP contribution < -0.4 is 4.90 Å². The van der Waals surface area contributed by atoms with E-state index in [1.54, 1.807) is 0 Å². The molecule has 0 radical (unpaired) electrons. The molecule has 0 atom stereocenters. The minimum atomic E-state index is 1.26. The van der Waals surface area contributed by atoms with Gasteiger partial charge in [0.15, 0.2) is 0 Å². The molecule has 0 aliphatic heterocycles. The minimum absolute atomic E-state index is 1.26. The van der Waals surface area contributed by atoms with Crippen molar-refractivity contribution in [3.63, 3.8) is 0 Å². The van der Waals surface area contributed by atoms with Gasteiger partial charge in [0.25, 0.3) is 0 Å². The second-order valence-corrected chi connectivity index (χ2v) is 5.50. The van der Waals surface area contributed by atoms with Crippen LogP contribution in [0.5, 0.6) is 0 Å². The Kier molecular flexibility index (Phi) is 3.01. The highest BCUT2D eigenvalue weighted by atomic mass is 15.1. The Hall–Kier alpha value is -2.22. The van der Waals surface area contributed by atoms with E-state index in [1.165, 1.54) is 33.5 Å². The van der Waals surface area contributed by atoms with E-state index in [9.17, 15) is 0 Å². The number of aromatic nitrogens is 1. The van der Waals surface area contributed by atoms with Crippen molar-refractivity contribution in [2.45, 2.75) is 13.8 Å². The maximum Gasteiger partial charge on any atom is 0.0554 e. The fourth-order valence-electron chi connectivity index (χ4n) is 2.91. The number of nitrogens with zero attached hydrogens (tertiary/aromatic N) is 2. The lowest BCUT2D eigenvalue weighted by atomic mass is 10.1. The predicted octanol–water partition coefficient (Wildman–Crippen LogP) is 4.31. The summed E-state index contributed by atoms with van der Waals surface area (Å²) in [6, 6.07) is 17.3. The molecule has 0 spiro atoms. The highest BCUT2D eigenvalue weighted by Gasteiger charge is 2.11. The smallest absolute Gasteiger partial charge is 0.0554 e. The molecule has 20 heavy (non-hydrogen) atoms. The molecule has 0 N–H and O–H groups in total. The molecule has 102 valence electrons. The van der Waals surface area contributed by atoms with Crippen molar-refractivity contribution in [1.82, 2.24) is 4.57 Å². The molecule has 0 aliphatic rings. The largest absolute Gasteiger partial charge is 0.377 e. The van der Waals surface area contributed by atoms with Crippen LogP contribution in [0, 0.1) is 13.8 Å². The lowest BCUT2D eigenvalue weighted by molar-refractivity contribution is 0.973. The van der Waals surface area contributed by atoms with Crippen LogP contribution in [0.1, 0.15) is 11.4 Å². The first-order chi connectivity index (χ1) is 9.59. The van der Waals surface area contributed by atoms with Gasteiger partial charge in [-0.15, -0.1) is 0 Å². The standard InChI is InChI=1S/C18H20N2/c1-13-11-12-14(2)20(13)17-10-6-8-15-7-5-9-16(18(15)17)19(3)4/h5-12H,1-4H3. The zero-order valence-electron chi connectivity index (χ0n) is 12.5. The van der Waals surface area contributed by atoms with Crippen LogP contribution in [0.15, 0.2) is 48.5 Å². The second-order valence-electron chi connectivity index (χ2n) is 5.50. The van der Waals surface area contributed by atoms with Crippen molar-refractivity contribution in [3.8, 4) is 5.69 Å². The summed E-state index contributed by atoms with van der Waals surface area (Å²) in [5, 5.41) is 2.59. The monoisotopic (exact) mass is 264 g/mol. The molecule has 0 fully saturated rings. The second kappa shape index (κ2) is 4.71. The molecule has 0 saturated carbocycles. The van der Waals surface area contributed by atoms with Crippen LogP contribution in [-0.2, 0) is 0 Å². The van der Waals surface area contributed by atoms with Gasteiger partial charge in [-0.05, 0) is 43.5 Å². The molecular formula is C18H20N2. The Morgan fingerprint density at radius 2 is 1.40 bits per heavy atom. The van der Waals surface area contributed by atoms with E-state index < -0.39 is 0 Å². The SMILES string of the molecule is Cc1ccc(C)n1-c1cccc2cccc(N(C)C)c12. The number of aryl methyl sites for hydroxylation is 2. The van der Waals surface area contributed by atoms with E-state index in [1.807, 2.05) is 0 Å². The molecule has 0 saturated heterocycles. The van der Waals surface area contributed by atoms with Crippen LogP contribution in [0.2, 0.25) is 0 Å². The average Bonchev–Trinajstić information content (AvgIpc) is 2.77. The third-order valence-electron chi connectivity index (χ3n) is 3.85. The Labute approximate surface area is 120 Å². The first-order valence-corrected chi connectivity index (χ1v) is 6.94. The highest BCUT2D eigenvalue weighted by molar-refractivity contribution is 6.00. The summed E-state index contributed by atoms with van der Waals surface area (Å²) in [5.74, 6) is 0. The molecule has 1 heterocycles. The molecule has 2 nitrogen and oxygen atoms in total. The maximum absolute atomic E-state index is 2.33. The topological polar surface area (TPSA) is 8.17 Å². The van der Waals surface area contributed by atoms with Gasteiger partial charge in [-0.2, -0.15) is 0 Å². The molecule has 2 heteroatoms. The van der Waals surface area contributed by atoms with E-state index >= 15 is 0 Å². The van der Waals surface area contributed by atoms with Crippen LogP contribution in [0.3, 0.4) is 0 Å². The Morgan fingerprint density at radius 3 is 2.00 bits per heavy atom. The molecule has 3 rings (SSSR count). The number of hydrogen-bond acceptors (Lipinski definition) is 1. The van der Waals surface area contributed by atoms with Crippen molar-refractivity contribution in [3.05, 3.63) is 59.9 Å². The van der Waals surface area contributed by atoms with Crippen LogP contribution >= 0.6 is 0 Å². The average molecular weight is 264 g/mol. The minimum Gasteiger partial charge on any atom is -0.377 e. The first kappa shape index (κ1) is 12.8. The van der Waals surface area contributed by atoms with E-state index in [0.29, 0.717) is 0 Å². The zero-order chi connectivity index (χ0) is 14.3. The highest BCUT2D eigenvalue weighted by Crippen LogP contribution is 2.32. The number of anilines is 1. The summed E-state index contributed by atoms with van der Waals surface area (Å²) in [6.07, 6.45) is 0. The number of benzene rings is 2. The summed E-state index contributed by atoms with van der Waals surface area (Å²) in [6.45, 7) is 4.31. The third kappa shape index (κ3) is 1.88. The van der Waals surface area contributed by atoms with Crippen molar-refractivity contribution in [2.24, 2.45) is 0 Å². The quantitative estimate of drug-likeness (QED) is 0.669. The van der Waals surface area contributed by atoms with Crippen molar-refractivity contribution < 1.29 is 0 Å². The summed E-state index contributed by atoms with van der Waals surface area (Å²) in [4.78, 5) is 2.18. The lowest BCUT2D eigenvalue weighted by Gasteiger charge is -2.20. The normalized spacial score (nSPS) is 11.0. The molecule has 1 aromatic heterocycles. The van der Waals surface area contributed by atoms with E-state index in [0.717, 1.165) is 0 Å². The molecule has 0 amide bonds. The molecule has 0 unspecified atom stereocenters. The Bertz CT molecular complexity index is 741. The van der Waals surface area contributed by atoms with Gasteiger partial charge in [-0.3, -0.25) is 0 Å². The Balaban J connectivity index is 2.42. The maximum atomic E-state index is 2.33. The van der Waals surface area contributed by atoms with Crippen LogP contribution in [-0.4, -0.2) is 18.7 Å². The van der Waals surface area contributed by atoms with Gasteiger partial charge in [0.1, 0.15) is 0 Å². The van der Waals surface area contributed by atoms with Crippen molar-refractivity contribution >= 4 is 16.5 Å². The van der Waals surface area contributed by atoms with Crippen LogP contribution in [0.4, 0.5) is 5.69 Å². The van der Waals surface area contributed by atoms with Gasteiger partial charge in [0, 0.05) is 36.6 Å². The van der Waals surface area contributed by atoms with Gasteiger partial charge >= 0.3 is 0 Å². The van der Waals surface area contributed by atoms with Gasteiger partial charge < -0.3 is 9.47 Å². The van der Waals surface area contributed by atoms with E-state index in [2.05, 4.69) is 85.9 Å². The molecule has 2 aromatic carbocycles. The van der Waals surface area contributed by atoms with Gasteiger partial charge in [-0.1, -0.05) is 24.3 Å². The Morgan fingerprint density at radius 1 is 0.800 bits per heavy atom. The van der Waals surface area contributed by atoms with E-state index in [-0.39, 0.29) is 0 Å². The first-order valence-electron chi connectivity index (χ1n) is 6.94. The fraction of sp³-hybridized carbons (Fsp3) is 0.222. The fourth-order valence-corrected chi connectivity index (χ4v) is 2.91. The number of rotatable bonds is 2.